The molecule has 5 aliphatic rings. The number of fused-ring (bicyclic) bond motifs is 4. The first-order valence-electron chi connectivity index (χ1n) is 45.4. The molecule has 0 radical (unpaired) electrons. The van der Waals surface area contributed by atoms with Gasteiger partial charge in [-0.1, -0.05) is 48.5 Å². The summed E-state index contributed by atoms with van der Waals surface area (Å²) in [5.41, 5.74) is 34.7. The number of hydrogen-bond donors (Lipinski definition) is 8. The van der Waals surface area contributed by atoms with E-state index in [9.17, 15) is 19.2 Å². The van der Waals surface area contributed by atoms with Gasteiger partial charge in [0.05, 0.1) is 11.4 Å². The van der Waals surface area contributed by atoms with Crippen LogP contribution in [0.4, 0.5) is 34.6 Å². The zero-order chi connectivity index (χ0) is 89.1. The quantitative estimate of drug-likeness (QED) is 0.0250. The van der Waals surface area contributed by atoms with Gasteiger partial charge in [0.2, 0.25) is 0 Å². The standard InChI is InChI=1S/C28H31N7O.C26H29N7O.C23H30N6O.C22H28N6O/c29-27-24-4-1-20(15-22(24)5-12-31-27)17-32-28(36)26-16-25(21-2-3-21)33-35(26)18-19-8-13-34(14-9-19)23-6-10-30-11-7-23;1-18-14-24(26(34)30-16-20-2-3-23-21(15-20)4-11-29-25(23)27)33(31-18)17-19-7-12-32(13-8-19)22-5-9-28-10-6-22;1-28-13-8-17(9-14-28)3-2-12-29-21(7-11-27-29)23(30)26-16-18-4-5-20-19(15-18)6-10-25-22(20)24;1-27-11-6-16(7-12-27)8-13-28-20(5-10-26-28)22(29)25-15-17-2-3-19-18(14-17)4-9-24-21(19)23/h1,4-7,10-12,15-16,19,21H,2-3,8-9,13-14,17-18H2,(H2,29,31)(H,32,36);2-6,9-11,14-15,19H,7-8,12-13,16-17H2,1H3,(H2,27,29)(H,30,34);4-7,10-11,15,17H,2-3,8-9,12-14,16H2,1H3,(H2,24,25)(H,26,30);2-5,9-10,14,16H,6-8,11-13,15H2,1H3,(H2,23,24)(H,25,29). The molecule has 0 bridgehead atoms. The van der Waals surface area contributed by atoms with Gasteiger partial charge in [0, 0.05) is 179 Å². The molecule has 5 fully saturated rings. The van der Waals surface area contributed by atoms with Crippen LogP contribution in [0.15, 0.2) is 208 Å². The molecule has 30 nitrogen and oxygen atoms in total. The summed E-state index contributed by atoms with van der Waals surface area (Å²) in [5, 5.41) is 38.2. The number of amides is 4. The van der Waals surface area contributed by atoms with E-state index in [0.717, 1.165) is 199 Å². The molecule has 0 spiro atoms. The first-order chi connectivity index (χ1) is 62.9. The number of nitrogen functional groups attached to an aromatic ring is 4. The number of anilines is 6. The van der Waals surface area contributed by atoms with Crippen molar-refractivity contribution < 1.29 is 19.2 Å². The van der Waals surface area contributed by atoms with Gasteiger partial charge in [-0.05, 0) is 295 Å². The number of benzene rings is 4. The maximum Gasteiger partial charge on any atom is 0.269 e. The van der Waals surface area contributed by atoms with Crippen molar-refractivity contribution in [2.75, 3.05) is 99.2 Å². The van der Waals surface area contributed by atoms with Gasteiger partial charge in [-0.2, -0.15) is 20.4 Å². The van der Waals surface area contributed by atoms with Crippen LogP contribution in [0, 0.1) is 30.6 Å². The Bertz CT molecular complexity index is 6130. The number of nitrogens with zero attached hydrogens (tertiary/aromatic N) is 18. The van der Waals surface area contributed by atoms with Crippen LogP contribution in [-0.4, -0.2) is 169 Å². The summed E-state index contributed by atoms with van der Waals surface area (Å²) >= 11 is 0. The fraction of sp³-hybridized carbons (Fsp3) is 0.374. The van der Waals surface area contributed by atoms with E-state index in [4.69, 9.17) is 28.0 Å². The largest absolute Gasteiger partial charge is 0.383 e. The molecule has 1 saturated carbocycles. The van der Waals surface area contributed by atoms with Crippen LogP contribution in [0.2, 0.25) is 0 Å². The molecule has 129 heavy (non-hydrogen) atoms. The smallest absolute Gasteiger partial charge is 0.269 e. The van der Waals surface area contributed by atoms with Crippen molar-refractivity contribution in [3.63, 3.8) is 0 Å². The number of pyridine rings is 6. The van der Waals surface area contributed by atoms with E-state index in [1.165, 1.54) is 56.6 Å². The van der Waals surface area contributed by atoms with E-state index >= 15 is 0 Å². The molecular weight excluding hydrogens is 1620 g/mol. The Hall–Kier alpha value is -13.7. The van der Waals surface area contributed by atoms with Crippen LogP contribution in [0.1, 0.15) is 165 Å². The average Bonchev–Trinajstić information content (AvgIpc) is 1.71. The summed E-state index contributed by atoms with van der Waals surface area (Å²) < 4.78 is 7.50. The topological polar surface area (TPSA) is 382 Å². The number of carbonyl (C=O) groups excluding carboxylic acids is 4. The highest BCUT2D eigenvalue weighted by atomic mass is 16.2. The van der Waals surface area contributed by atoms with Crippen molar-refractivity contribution in [2.24, 2.45) is 23.7 Å². The summed E-state index contributed by atoms with van der Waals surface area (Å²) in [7, 11) is 4.36. The highest BCUT2D eigenvalue weighted by molar-refractivity contribution is 5.97. The molecule has 668 valence electrons. The van der Waals surface area contributed by atoms with Crippen molar-refractivity contribution in [3.05, 3.63) is 264 Å². The lowest BCUT2D eigenvalue weighted by molar-refractivity contribution is 0.0930. The second-order valence-electron chi connectivity index (χ2n) is 35.1. The second-order valence-corrected chi connectivity index (χ2v) is 35.1. The van der Waals surface area contributed by atoms with Gasteiger partial charge in [0.1, 0.15) is 46.0 Å². The molecule has 19 rings (SSSR count). The van der Waals surface area contributed by atoms with E-state index in [1.807, 2.05) is 154 Å². The normalized spacial score (nSPS) is 15.5. The van der Waals surface area contributed by atoms with Crippen molar-refractivity contribution in [2.45, 2.75) is 149 Å². The molecule has 4 aromatic carbocycles. The maximum atomic E-state index is 13.3. The summed E-state index contributed by atoms with van der Waals surface area (Å²) in [6, 6.07) is 47.3. The molecule has 4 saturated heterocycles. The molecule has 0 unspecified atom stereocenters. The highest BCUT2D eigenvalue weighted by Crippen LogP contribution is 2.40. The van der Waals surface area contributed by atoms with Crippen molar-refractivity contribution in [3.8, 4) is 0 Å². The number of likely N-dealkylation sites (tertiary alicyclic amines) is 2. The minimum absolute atomic E-state index is 0.0713. The van der Waals surface area contributed by atoms with Crippen molar-refractivity contribution in [1.82, 2.24) is 100 Å². The van der Waals surface area contributed by atoms with Gasteiger partial charge in [-0.3, -0.25) is 47.9 Å². The molecule has 4 aliphatic heterocycles. The third-order valence-corrected chi connectivity index (χ3v) is 25.9. The number of nitrogens with two attached hydrogens (primary N) is 4. The number of nitrogens with one attached hydrogen (secondary N) is 4. The Kier molecular flexibility index (Phi) is 29.0. The fourth-order valence-electron chi connectivity index (χ4n) is 18.0. The monoisotopic (exact) mass is 1730 g/mol. The SMILES string of the molecule is CN1CCC(CCCn2nccc2C(=O)NCc2ccc3c(N)nccc3c2)CC1.CN1CCC(CCn2nccc2C(=O)NCc2ccc3c(N)nccc3c2)CC1.Cc1cc(C(=O)NCc2ccc3c(N)nccc3c2)n(CC2CCN(c3ccncc3)CC2)n1.Nc1nccc2cc(CNC(=O)c3cc(C4CC4)nn3CC3CCN(c4ccncc4)CC3)ccc12. The van der Waals surface area contributed by atoms with Crippen LogP contribution in [-0.2, 0) is 52.4 Å². The maximum absolute atomic E-state index is 13.3. The number of carbonyl (C=O) groups is 4. The molecule has 0 atom stereocenters. The van der Waals surface area contributed by atoms with Crippen LogP contribution in [0.3, 0.4) is 0 Å². The molecule has 1 aliphatic carbocycles. The van der Waals surface area contributed by atoms with Crippen molar-refractivity contribution in [1.29, 1.82) is 0 Å². The third kappa shape index (κ3) is 23.4. The Morgan fingerprint density at radius 2 is 0.698 bits per heavy atom. The van der Waals surface area contributed by atoms with Gasteiger partial charge in [0.25, 0.3) is 23.6 Å². The first kappa shape index (κ1) is 88.7. The number of aryl methyl sites for hydroxylation is 3. The van der Waals surface area contributed by atoms with E-state index < -0.39 is 0 Å². The van der Waals surface area contributed by atoms with Crippen molar-refractivity contribution >= 4 is 101 Å². The molecule has 12 N–H and O–H groups in total. The minimum atomic E-state index is -0.107. The molecule has 14 aromatic rings. The van der Waals surface area contributed by atoms with E-state index in [1.54, 1.807) is 49.3 Å². The Morgan fingerprint density at radius 1 is 0.349 bits per heavy atom. The van der Waals surface area contributed by atoms with Gasteiger partial charge >= 0.3 is 0 Å². The molecular formula is C99H118N26O4. The Morgan fingerprint density at radius 3 is 1.09 bits per heavy atom. The van der Waals surface area contributed by atoms with Crippen LogP contribution in [0.25, 0.3) is 43.1 Å². The number of piperidine rings is 4. The van der Waals surface area contributed by atoms with E-state index in [2.05, 4.69) is 130 Å². The summed E-state index contributed by atoms with van der Waals surface area (Å²) in [6.45, 7) is 15.5. The van der Waals surface area contributed by atoms with E-state index in [0.29, 0.717) is 95.9 Å². The summed E-state index contributed by atoms with van der Waals surface area (Å²) in [6.07, 6.45) is 32.5. The first-order valence-corrected chi connectivity index (χ1v) is 45.4. The van der Waals surface area contributed by atoms with Crippen LogP contribution >= 0.6 is 0 Å². The predicted octanol–water partition coefficient (Wildman–Crippen LogP) is 13.4. The molecule has 30 heteroatoms. The number of hydrogen-bond acceptors (Lipinski definition) is 22. The van der Waals surface area contributed by atoms with Gasteiger partial charge in [0.15, 0.2) is 0 Å². The van der Waals surface area contributed by atoms with Gasteiger partial charge in [-0.25, -0.2) is 19.9 Å². The third-order valence-electron chi connectivity index (χ3n) is 25.9. The second kappa shape index (κ2) is 42.2. The van der Waals surface area contributed by atoms with E-state index in [-0.39, 0.29) is 23.6 Å². The molecule has 14 heterocycles. The van der Waals surface area contributed by atoms with Gasteiger partial charge < -0.3 is 63.8 Å². The summed E-state index contributed by atoms with van der Waals surface area (Å²) in [4.78, 5) is 86.0. The summed E-state index contributed by atoms with van der Waals surface area (Å²) in [5.74, 6) is 4.71. The lowest BCUT2D eigenvalue weighted by atomic mass is 9.92. The zero-order valence-electron chi connectivity index (χ0n) is 74.0. The average molecular weight is 1740 g/mol. The zero-order valence-corrected chi connectivity index (χ0v) is 74.0. The number of aromatic nitrogens is 14. The number of rotatable bonds is 26. The van der Waals surface area contributed by atoms with Gasteiger partial charge in [-0.15, -0.1) is 0 Å². The lowest BCUT2D eigenvalue weighted by Gasteiger charge is -2.33. The molecule has 10 aromatic heterocycles. The Balaban J connectivity index is 0.000000127. The van der Waals surface area contributed by atoms with Crippen LogP contribution in [0.5, 0.6) is 0 Å². The fourth-order valence-corrected chi connectivity index (χ4v) is 18.0. The Labute approximate surface area is 752 Å². The predicted molar refractivity (Wildman–Crippen MR) is 508 cm³/mol. The molecule has 4 amide bonds. The van der Waals surface area contributed by atoms with Crippen LogP contribution < -0.4 is 54.0 Å². The lowest BCUT2D eigenvalue weighted by Crippen LogP contribution is -2.35. The highest BCUT2D eigenvalue weighted by Gasteiger charge is 2.31. The minimum Gasteiger partial charge on any atom is -0.383 e.